The van der Waals surface area contributed by atoms with Crippen LogP contribution in [0.1, 0.15) is 12.7 Å². The van der Waals surface area contributed by atoms with E-state index in [9.17, 15) is 4.79 Å². The van der Waals surface area contributed by atoms with Crippen LogP contribution < -0.4 is 5.32 Å². The maximum atomic E-state index is 10.8. The van der Waals surface area contributed by atoms with Gasteiger partial charge < -0.3 is 9.73 Å². The van der Waals surface area contributed by atoms with E-state index in [0.717, 1.165) is 15.2 Å². The lowest BCUT2D eigenvalue weighted by Crippen LogP contribution is -1.96. The highest BCUT2D eigenvalue weighted by atomic mass is 32.2. The Morgan fingerprint density at radius 3 is 3.18 bits per heavy atom. The molecule has 2 heterocycles. The fraction of sp³-hybridized carbons (Fsp3) is 0.300. The molecule has 2 aromatic heterocycles. The van der Waals surface area contributed by atoms with E-state index in [-0.39, 0.29) is 5.78 Å². The van der Waals surface area contributed by atoms with Gasteiger partial charge in [-0.3, -0.25) is 4.79 Å². The first-order chi connectivity index (χ1) is 8.24. The van der Waals surface area contributed by atoms with Crippen LogP contribution in [0, 0.1) is 0 Å². The van der Waals surface area contributed by atoms with Crippen LogP contribution in [0.4, 0.5) is 5.13 Å². The number of anilines is 1. The quantitative estimate of drug-likeness (QED) is 0.812. The highest BCUT2D eigenvalue weighted by Crippen LogP contribution is 2.25. The minimum atomic E-state index is 0.135. The Labute approximate surface area is 107 Å². The van der Waals surface area contributed by atoms with Crippen LogP contribution in [-0.2, 0) is 11.3 Å². The van der Waals surface area contributed by atoms with Crippen molar-refractivity contribution in [2.24, 2.45) is 0 Å². The van der Waals surface area contributed by atoms with E-state index >= 15 is 0 Å². The number of hydrogen-bond donors (Lipinski definition) is 1. The zero-order valence-electron chi connectivity index (χ0n) is 9.17. The Morgan fingerprint density at radius 2 is 2.47 bits per heavy atom. The molecule has 0 aromatic carbocycles. The molecule has 0 saturated heterocycles. The van der Waals surface area contributed by atoms with Crippen molar-refractivity contribution in [1.29, 1.82) is 0 Å². The molecule has 17 heavy (non-hydrogen) atoms. The van der Waals surface area contributed by atoms with Crippen molar-refractivity contribution in [3.63, 3.8) is 0 Å². The molecule has 0 radical (unpaired) electrons. The summed E-state index contributed by atoms with van der Waals surface area (Å²) in [6.45, 7) is 2.14. The summed E-state index contributed by atoms with van der Waals surface area (Å²) in [7, 11) is 0. The molecule has 0 aliphatic carbocycles. The predicted octanol–water partition coefficient (Wildman–Crippen LogP) is 2.42. The van der Waals surface area contributed by atoms with E-state index in [1.165, 1.54) is 23.1 Å². The van der Waals surface area contributed by atoms with Crippen molar-refractivity contribution in [2.75, 3.05) is 11.1 Å². The van der Waals surface area contributed by atoms with Crippen LogP contribution in [0.3, 0.4) is 0 Å². The monoisotopic (exact) mass is 269 g/mol. The summed E-state index contributed by atoms with van der Waals surface area (Å²) in [6.07, 6.45) is 1.63. The first-order valence-electron chi connectivity index (χ1n) is 4.96. The zero-order valence-corrected chi connectivity index (χ0v) is 10.8. The van der Waals surface area contributed by atoms with Crippen LogP contribution in [0.25, 0.3) is 0 Å². The smallest absolute Gasteiger partial charge is 0.206 e. The van der Waals surface area contributed by atoms with E-state index in [1.54, 1.807) is 13.2 Å². The van der Waals surface area contributed by atoms with Gasteiger partial charge in [-0.15, -0.1) is 10.2 Å². The molecule has 0 aliphatic heterocycles. The number of hydrogen-bond acceptors (Lipinski definition) is 7. The second-order valence-electron chi connectivity index (χ2n) is 3.30. The molecule has 5 nitrogen and oxygen atoms in total. The van der Waals surface area contributed by atoms with Gasteiger partial charge in [-0.1, -0.05) is 23.1 Å². The molecule has 0 saturated carbocycles. The molecule has 0 aliphatic rings. The lowest BCUT2D eigenvalue weighted by molar-refractivity contribution is -0.114. The van der Waals surface area contributed by atoms with Gasteiger partial charge in [0.05, 0.1) is 18.6 Å². The fourth-order valence-electron chi connectivity index (χ4n) is 1.08. The van der Waals surface area contributed by atoms with Gasteiger partial charge >= 0.3 is 0 Å². The number of aromatic nitrogens is 2. The summed E-state index contributed by atoms with van der Waals surface area (Å²) in [5.74, 6) is 1.42. The zero-order chi connectivity index (χ0) is 12.1. The minimum absolute atomic E-state index is 0.135. The molecule has 1 N–H and O–H groups in total. The second-order valence-corrected chi connectivity index (χ2v) is 5.50. The summed E-state index contributed by atoms with van der Waals surface area (Å²) in [6, 6.07) is 3.73. The van der Waals surface area contributed by atoms with Gasteiger partial charge in [0.1, 0.15) is 11.5 Å². The molecular formula is C10H11N3O2S2. The molecule has 2 rings (SSSR count). The summed E-state index contributed by atoms with van der Waals surface area (Å²) in [4.78, 5) is 10.8. The number of furan rings is 1. The van der Waals surface area contributed by atoms with Gasteiger partial charge in [0.2, 0.25) is 5.13 Å². The normalized spacial score (nSPS) is 10.4. The fourth-order valence-corrected chi connectivity index (χ4v) is 2.63. The maximum Gasteiger partial charge on any atom is 0.206 e. The SMILES string of the molecule is CC(=O)CSc1nnc(NCc2ccco2)s1. The van der Waals surface area contributed by atoms with Crippen LogP contribution in [-0.4, -0.2) is 21.7 Å². The number of ketones is 1. The number of rotatable bonds is 6. The lowest BCUT2D eigenvalue weighted by atomic mass is 10.4. The molecule has 7 heteroatoms. The largest absolute Gasteiger partial charge is 0.467 e. The molecule has 2 aromatic rings. The van der Waals surface area contributed by atoms with E-state index in [4.69, 9.17) is 4.42 Å². The van der Waals surface area contributed by atoms with Crippen LogP contribution in [0.15, 0.2) is 27.2 Å². The summed E-state index contributed by atoms with van der Waals surface area (Å²) in [5, 5.41) is 11.8. The number of carbonyl (C=O) groups is 1. The molecule has 0 fully saturated rings. The minimum Gasteiger partial charge on any atom is -0.467 e. The van der Waals surface area contributed by atoms with Crippen molar-refractivity contribution in [3.8, 4) is 0 Å². The highest BCUT2D eigenvalue weighted by Gasteiger charge is 2.06. The molecule has 0 unspecified atom stereocenters. The number of thioether (sulfide) groups is 1. The van der Waals surface area contributed by atoms with Crippen LogP contribution in [0.2, 0.25) is 0 Å². The van der Waals surface area contributed by atoms with Crippen LogP contribution in [0.5, 0.6) is 0 Å². The third kappa shape index (κ3) is 3.86. The molecule has 0 atom stereocenters. The van der Waals surface area contributed by atoms with Gasteiger partial charge in [-0.2, -0.15) is 0 Å². The van der Waals surface area contributed by atoms with Crippen LogP contribution >= 0.6 is 23.1 Å². The van der Waals surface area contributed by atoms with Gasteiger partial charge in [-0.05, 0) is 19.1 Å². The van der Waals surface area contributed by atoms with Crippen molar-refractivity contribution in [1.82, 2.24) is 10.2 Å². The van der Waals surface area contributed by atoms with Gasteiger partial charge in [0.15, 0.2) is 4.34 Å². The number of nitrogens with one attached hydrogen (secondary N) is 1. The molecule has 0 amide bonds. The molecular weight excluding hydrogens is 258 g/mol. The topological polar surface area (TPSA) is 68.0 Å². The Bertz CT molecular complexity index is 481. The predicted molar refractivity (Wildman–Crippen MR) is 67.3 cm³/mol. The number of Topliss-reactive ketones (excluding diaryl/α,β-unsaturated/α-hetero) is 1. The third-order valence-electron chi connectivity index (χ3n) is 1.80. The molecule has 90 valence electrons. The van der Waals surface area contributed by atoms with E-state index in [1.807, 2.05) is 12.1 Å². The lowest BCUT2D eigenvalue weighted by Gasteiger charge is -1.96. The number of nitrogens with zero attached hydrogens (tertiary/aromatic N) is 2. The Hall–Kier alpha value is -1.34. The average molecular weight is 269 g/mol. The first kappa shape index (κ1) is 12.1. The average Bonchev–Trinajstić information content (AvgIpc) is 2.95. The summed E-state index contributed by atoms with van der Waals surface area (Å²) in [5.41, 5.74) is 0. The third-order valence-corrected chi connectivity index (χ3v) is 3.96. The van der Waals surface area contributed by atoms with Crippen molar-refractivity contribution in [2.45, 2.75) is 17.8 Å². The standard InChI is InChI=1S/C10H11N3O2S2/c1-7(14)6-16-10-13-12-9(17-10)11-5-8-3-2-4-15-8/h2-4H,5-6H2,1H3,(H,11,12). The maximum absolute atomic E-state index is 10.8. The molecule has 0 bridgehead atoms. The van der Waals surface area contributed by atoms with Gasteiger partial charge in [0, 0.05) is 0 Å². The van der Waals surface area contributed by atoms with Crippen molar-refractivity contribution >= 4 is 34.0 Å². The van der Waals surface area contributed by atoms with E-state index < -0.39 is 0 Å². The van der Waals surface area contributed by atoms with E-state index in [0.29, 0.717) is 12.3 Å². The Morgan fingerprint density at radius 1 is 1.59 bits per heavy atom. The highest BCUT2D eigenvalue weighted by molar-refractivity contribution is 8.01. The Balaban J connectivity index is 1.83. The van der Waals surface area contributed by atoms with Gasteiger partial charge in [0.25, 0.3) is 0 Å². The second kappa shape index (κ2) is 5.83. The van der Waals surface area contributed by atoms with Crippen molar-refractivity contribution < 1.29 is 9.21 Å². The summed E-state index contributed by atoms with van der Waals surface area (Å²) >= 11 is 2.84. The Kier molecular flexibility index (Phi) is 4.16. The van der Waals surface area contributed by atoms with E-state index in [2.05, 4.69) is 15.5 Å². The first-order valence-corrected chi connectivity index (χ1v) is 6.76. The van der Waals surface area contributed by atoms with Gasteiger partial charge in [-0.25, -0.2) is 0 Å². The number of carbonyl (C=O) groups excluding carboxylic acids is 1. The summed E-state index contributed by atoms with van der Waals surface area (Å²) < 4.78 is 5.98. The molecule has 0 spiro atoms. The van der Waals surface area contributed by atoms with Crippen molar-refractivity contribution in [3.05, 3.63) is 24.2 Å².